The van der Waals surface area contributed by atoms with Gasteiger partial charge in [0.25, 0.3) is 5.69 Å². The van der Waals surface area contributed by atoms with Gasteiger partial charge in [-0.15, -0.1) is 0 Å². The summed E-state index contributed by atoms with van der Waals surface area (Å²) in [6.45, 7) is 3.01. The number of nitrogens with zero attached hydrogens (tertiary/aromatic N) is 1. The first-order chi connectivity index (χ1) is 10.1. The Kier molecular flexibility index (Phi) is 5.08. The molecule has 0 saturated carbocycles. The fourth-order valence-corrected chi connectivity index (χ4v) is 2.68. The summed E-state index contributed by atoms with van der Waals surface area (Å²) in [5.74, 6) is -0.606. The van der Waals surface area contributed by atoms with Crippen molar-refractivity contribution in [3.8, 4) is 0 Å². The van der Waals surface area contributed by atoms with E-state index in [1.807, 2.05) is 0 Å². The van der Waals surface area contributed by atoms with Gasteiger partial charge in [-0.25, -0.2) is 4.39 Å². The van der Waals surface area contributed by atoms with Crippen molar-refractivity contribution in [2.24, 2.45) is 5.41 Å². The molecule has 1 saturated heterocycles. The summed E-state index contributed by atoms with van der Waals surface area (Å²) < 4.78 is 19.2. The van der Waals surface area contributed by atoms with Gasteiger partial charge in [0.15, 0.2) is 5.82 Å². The summed E-state index contributed by atoms with van der Waals surface area (Å²) in [4.78, 5) is 10.00. The highest BCUT2D eigenvalue weighted by atomic mass is 19.1. The molecule has 0 bridgehead atoms. The maximum atomic E-state index is 13.9. The lowest BCUT2D eigenvalue weighted by Gasteiger charge is -2.37. The second-order valence-corrected chi connectivity index (χ2v) is 5.46. The average molecular weight is 297 g/mol. The van der Waals surface area contributed by atoms with E-state index in [2.05, 4.69) is 10.6 Å². The maximum absolute atomic E-state index is 13.9. The van der Waals surface area contributed by atoms with Crippen LogP contribution in [0.5, 0.6) is 0 Å². The molecule has 0 amide bonds. The summed E-state index contributed by atoms with van der Waals surface area (Å²) in [6.07, 6.45) is 1.89. The topological polar surface area (TPSA) is 76.4 Å². The molecule has 1 aromatic carbocycles. The van der Waals surface area contributed by atoms with Gasteiger partial charge in [0, 0.05) is 25.1 Å². The van der Waals surface area contributed by atoms with Crippen LogP contribution in [0, 0.1) is 21.3 Å². The minimum Gasteiger partial charge on any atom is -0.384 e. The Bertz CT molecular complexity index is 499. The number of anilines is 1. The van der Waals surface area contributed by atoms with E-state index in [-0.39, 0.29) is 16.8 Å². The molecule has 0 radical (unpaired) electrons. The molecule has 2 rings (SSSR count). The first kappa shape index (κ1) is 15.7. The molecule has 2 N–H and O–H groups in total. The standard InChI is InChI=1S/C14H20FN3O3/c1-21-10-14(4-6-16-7-5-14)9-17-13-3-2-11(18(19)20)8-12(13)15/h2-3,8,16-17H,4-7,9-10H2,1H3. The van der Waals surface area contributed by atoms with Crippen LogP contribution in [-0.4, -0.2) is 38.3 Å². The number of nitro groups is 1. The van der Waals surface area contributed by atoms with Crippen LogP contribution in [0.15, 0.2) is 18.2 Å². The van der Waals surface area contributed by atoms with Gasteiger partial charge >= 0.3 is 0 Å². The van der Waals surface area contributed by atoms with Gasteiger partial charge in [-0.05, 0) is 32.0 Å². The van der Waals surface area contributed by atoms with Crippen molar-refractivity contribution in [2.45, 2.75) is 12.8 Å². The summed E-state index contributed by atoms with van der Waals surface area (Å²) in [7, 11) is 1.66. The summed E-state index contributed by atoms with van der Waals surface area (Å²) in [6, 6.07) is 3.65. The zero-order valence-corrected chi connectivity index (χ0v) is 12.0. The number of non-ortho nitro benzene ring substituents is 1. The zero-order valence-electron chi connectivity index (χ0n) is 12.0. The first-order valence-electron chi connectivity index (χ1n) is 6.94. The number of ether oxygens (including phenoxy) is 1. The molecule has 0 aromatic heterocycles. The van der Waals surface area contributed by atoms with Crippen LogP contribution in [0.25, 0.3) is 0 Å². The molecule has 1 fully saturated rings. The molecule has 6 nitrogen and oxygen atoms in total. The number of piperidine rings is 1. The van der Waals surface area contributed by atoms with Crippen LogP contribution in [0.3, 0.4) is 0 Å². The molecule has 0 aliphatic carbocycles. The van der Waals surface area contributed by atoms with Gasteiger partial charge in [-0.2, -0.15) is 0 Å². The fraction of sp³-hybridized carbons (Fsp3) is 0.571. The number of benzene rings is 1. The van der Waals surface area contributed by atoms with E-state index in [1.54, 1.807) is 7.11 Å². The number of hydrogen-bond acceptors (Lipinski definition) is 5. The molecule has 1 aliphatic rings. The number of methoxy groups -OCH3 is 1. The molecule has 0 unspecified atom stereocenters. The third-order valence-electron chi connectivity index (χ3n) is 3.93. The van der Waals surface area contributed by atoms with Crippen LogP contribution in [-0.2, 0) is 4.74 Å². The third kappa shape index (κ3) is 3.89. The predicted octanol–water partition coefficient (Wildman–Crippen LogP) is 2.16. The second-order valence-electron chi connectivity index (χ2n) is 5.46. The summed E-state index contributed by atoms with van der Waals surface area (Å²) >= 11 is 0. The Balaban J connectivity index is 2.05. The highest BCUT2D eigenvalue weighted by molar-refractivity contribution is 5.50. The Labute approximate surface area is 122 Å². The van der Waals surface area contributed by atoms with E-state index < -0.39 is 10.7 Å². The molecular weight excluding hydrogens is 277 g/mol. The van der Waals surface area contributed by atoms with Gasteiger partial charge in [0.2, 0.25) is 0 Å². The highest BCUT2D eigenvalue weighted by Gasteiger charge is 2.32. The van der Waals surface area contributed by atoms with Gasteiger partial charge in [0.1, 0.15) is 0 Å². The number of nitro benzene ring substituents is 1. The maximum Gasteiger partial charge on any atom is 0.272 e. The largest absolute Gasteiger partial charge is 0.384 e. The van der Waals surface area contributed by atoms with Gasteiger partial charge in [-0.1, -0.05) is 0 Å². The first-order valence-corrected chi connectivity index (χ1v) is 6.94. The zero-order chi connectivity index (χ0) is 15.3. The molecular formula is C14H20FN3O3. The van der Waals surface area contributed by atoms with E-state index in [9.17, 15) is 14.5 Å². The molecule has 1 heterocycles. The van der Waals surface area contributed by atoms with Crippen molar-refractivity contribution in [1.82, 2.24) is 5.32 Å². The van der Waals surface area contributed by atoms with Crippen LogP contribution in [0.2, 0.25) is 0 Å². The van der Waals surface area contributed by atoms with Crippen molar-refractivity contribution in [3.05, 3.63) is 34.1 Å². The fourth-order valence-electron chi connectivity index (χ4n) is 2.68. The van der Waals surface area contributed by atoms with E-state index in [1.165, 1.54) is 12.1 Å². The lowest BCUT2D eigenvalue weighted by molar-refractivity contribution is -0.385. The van der Waals surface area contributed by atoms with E-state index in [0.717, 1.165) is 32.0 Å². The van der Waals surface area contributed by atoms with Crippen molar-refractivity contribution >= 4 is 11.4 Å². The normalized spacial score (nSPS) is 17.4. The SMILES string of the molecule is COCC1(CNc2ccc([N+](=O)[O-])cc2F)CCNCC1. The smallest absolute Gasteiger partial charge is 0.272 e. The van der Waals surface area contributed by atoms with Gasteiger partial charge in [0.05, 0.1) is 23.3 Å². The van der Waals surface area contributed by atoms with Crippen molar-refractivity contribution in [1.29, 1.82) is 0 Å². The lowest BCUT2D eigenvalue weighted by atomic mass is 9.79. The van der Waals surface area contributed by atoms with Gasteiger partial charge in [-0.3, -0.25) is 10.1 Å². The number of nitrogens with one attached hydrogen (secondary N) is 2. The Morgan fingerprint density at radius 1 is 1.48 bits per heavy atom. The minimum absolute atomic E-state index is 0.0335. The minimum atomic E-state index is -0.606. The number of rotatable bonds is 6. The Hall–Kier alpha value is -1.73. The molecule has 116 valence electrons. The highest BCUT2D eigenvalue weighted by Crippen LogP contribution is 2.30. The molecule has 0 spiro atoms. The molecule has 0 atom stereocenters. The average Bonchev–Trinajstić information content (AvgIpc) is 2.47. The molecule has 7 heteroatoms. The molecule has 21 heavy (non-hydrogen) atoms. The summed E-state index contributed by atoms with van der Waals surface area (Å²) in [5.41, 5.74) is 0.00920. The predicted molar refractivity (Wildman–Crippen MR) is 78.0 cm³/mol. The van der Waals surface area contributed by atoms with E-state index >= 15 is 0 Å². The monoisotopic (exact) mass is 297 g/mol. The Morgan fingerprint density at radius 2 is 2.19 bits per heavy atom. The quantitative estimate of drug-likeness (QED) is 0.621. The van der Waals surface area contributed by atoms with Crippen molar-refractivity contribution in [3.63, 3.8) is 0 Å². The van der Waals surface area contributed by atoms with Gasteiger partial charge < -0.3 is 15.4 Å². The lowest BCUT2D eigenvalue weighted by Crippen LogP contribution is -2.44. The molecule has 1 aliphatic heterocycles. The number of hydrogen-bond donors (Lipinski definition) is 2. The van der Waals surface area contributed by atoms with Crippen LogP contribution < -0.4 is 10.6 Å². The van der Waals surface area contributed by atoms with Crippen LogP contribution >= 0.6 is 0 Å². The van der Waals surface area contributed by atoms with Crippen LogP contribution in [0.1, 0.15) is 12.8 Å². The van der Waals surface area contributed by atoms with Crippen molar-refractivity contribution in [2.75, 3.05) is 38.7 Å². The van der Waals surface area contributed by atoms with E-state index in [4.69, 9.17) is 4.74 Å². The summed E-state index contributed by atoms with van der Waals surface area (Å²) in [5, 5.41) is 17.0. The molecule has 1 aromatic rings. The van der Waals surface area contributed by atoms with E-state index in [0.29, 0.717) is 13.2 Å². The Morgan fingerprint density at radius 3 is 2.76 bits per heavy atom. The third-order valence-corrected chi connectivity index (χ3v) is 3.93. The van der Waals surface area contributed by atoms with Crippen molar-refractivity contribution < 1.29 is 14.1 Å². The number of halogens is 1. The second kappa shape index (κ2) is 6.82. The van der Waals surface area contributed by atoms with Crippen LogP contribution in [0.4, 0.5) is 15.8 Å².